The Kier molecular flexibility index (Phi) is 5.53. The molecular weight excluding hydrogens is 384 g/mol. The van der Waals surface area contributed by atoms with Crippen LogP contribution in [0, 0.1) is 0 Å². The number of rotatable bonds is 7. The minimum Gasteiger partial charge on any atom is -0.496 e. The topological polar surface area (TPSA) is 35.9 Å². The van der Waals surface area contributed by atoms with Crippen molar-refractivity contribution in [1.29, 1.82) is 0 Å². The van der Waals surface area contributed by atoms with Crippen LogP contribution in [-0.4, -0.2) is 53.3 Å². The van der Waals surface area contributed by atoms with Crippen LogP contribution in [0.15, 0.2) is 84.9 Å². The minimum atomic E-state index is 0.0621. The number of hydrogen-bond acceptors (Lipinski definition) is 4. The fraction of sp³-hybridized carbons (Fsp3) is 0.333. The minimum absolute atomic E-state index is 0.0621. The van der Waals surface area contributed by atoms with Crippen LogP contribution < -0.4 is 4.74 Å². The summed E-state index contributed by atoms with van der Waals surface area (Å²) in [6.07, 6.45) is 0. The molecule has 0 unspecified atom stereocenters. The number of aliphatic hydroxyl groups is 1. The van der Waals surface area contributed by atoms with Crippen molar-refractivity contribution < 1.29 is 9.84 Å². The van der Waals surface area contributed by atoms with Gasteiger partial charge in [-0.1, -0.05) is 78.9 Å². The lowest BCUT2D eigenvalue weighted by molar-refractivity contribution is -0.197. The zero-order chi connectivity index (χ0) is 21.3. The second-order valence-electron chi connectivity index (χ2n) is 8.81. The van der Waals surface area contributed by atoms with Crippen molar-refractivity contribution >= 4 is 0 Å². The van der Waals surface area contributed by atoms with Gasteiger partial charge in [-0.3, -0.25) is 9.80 Å². The average molecular weight is 415 g/mol. The molecule has 0 amide bonds. The van der Waals surface area contributed by atoms with Crippen LogP contribution in [0.5, 0.6) is 5.75 Å². The van der Waals surface area contributed by atoms with E-state index in [2.05, 4.69) is 82.6 Å². The quantitative estimate of drug-likeness (QED) is 0.636. The van der Waals surface area contributed by atoms with Crippen LogP contribution in [0.25, 0.3) is 0 Å². The lowest BCUT2D eigenvalue weighted by Crippen LogP contribution is -2.83. The Morgan fingerprint density at radius 3 is 2.19 bits per heavy atom. The Bertz CT molecular complexity index is 1000. The third kappa shape index (κ3) is 3.55. The molecule has 3 aromatic rings. The molecule has 2 fully saturated rings. The van der Waals surface area contributed by atoms with Gasteiger partial charge in [0, 0.05) is 43.7 Å². The lowest BCUT2D eigenvalue weighted by Gasteiger charge is -2.71. The van der Waals surface area contributed by atoms with Gasteiger partial charge in [-0.2, -0.15) is 0 Å². The molecule has 31 heavy (non-hydrogen) atoms. The highest BCUT2D eigenvalue weighted by Gasteiger charge is 2.65. The van der Waals surface area contributed by atoms with Crippen molar-refractivity contribution in [3.05, 3.63) is 102 Å². The summed E-state index contributed by atoms with van der Waals surface area (Å²) >= 11 is 0. The summed E-state index contributed by atoms with van der Waals surface area (Å²) in [5, 5.41) is 10.3. The van der Waals surface area contributed by atoms with E-state index in [0.717, 1.165) is 31.9 Å². The number of benzene rings is 3. The van der Waals surface area contributed by atoms with Crippen molar-refractivity contribution in [3.8, 4) is 5.75 Å². The summed E-state index contributed by atoms with van der Waals surface area (Å²) in [6, 6.07) is 29.8. The SMILES string of the molecule is COc1ccccc1CN1CC2(C1)[C@@H](c1ccccc1)[C@@H](CO)N2Cc1ccccc1. The molecular formula is C27H30N2O2. The second kappa shape index (κ2) is 8.46. The van der Waals surface area contributed by atoms with E-state index >= 15 is 0 Å². The monoisotopic (exact) mass is 414 g/mol. The van der Waals surface area contributed by atoms with Crippen LogP contribution in [0.3, 0.4) is 0 Å². The molecule has 4 nitrogen and oxygen atoms in total. The highest BCUT2D eigenvalue weighted by molar-refractivity contribution is 5.38. The molecule has 2 atom stereocenters. The summed E-state index contributed by atoms with van der Waals surface area (Å²) in [7, 11) is 1.74. The zero-order valence-electron chi connectivity index (χ0n) is 18.0. The van der Waals surface area contributed by atoms with Gasteiger partial charge >= 0.3 is 0 Å². The third-order valence-corrected chi connectivity index (χ3v) is 7.06. The lowest BCUT2D eigenvalue weighted by atomic mass is 9.60. The predicted octanol–water partition coefficient (Wildman–Crippen LogP) is 3.91. The van der Waals surface area contributed by atoms with Crippen LogP contribution >= 0.6 is 0 Å². The normalized spacial score (nSPS) is 22.6. The van der Waals surface area contributed by atoms with E-state index in [9.17, 15) is 5.11 Å². The number of para-hydroxylation sites is 1. The Morgan fingerprint density at radius 1 is 0.871 bits per heavy atom. The van der Waals surface area contributed by atoms with E-state index in [1.807, 2.05) is 12.1 Å². The van der Waals surface area contributed by atoms with Gasteiger partial charge in [-0.15, -0.1) is 0 Å². The molecule has 0 aliphatic carbocycles. The number of methoxy groups -OCH3 is 1. The van der Waals surface area contributed by atoms with Crippen LogP contribution in [-0.2, 0) is 13.1 Å². The molecule has 1 N–H and O–H groups in total. The molecule has 0 bridgehead atoms. The summed E-state index contributed by atoms with van der Waals surface area (Å²) in [6.45, 7) is 3.93. The summed E-state index contributed by atoms with van der Waals surface area (Å²) in [5.74, 6) is 1.29. The highest BCUT2D eigenvalue weighted by atomic mass is 16.5. The first-order valence-corrected chi connectivity index (χ1v) is 11.1. The smallest absolute Gasteiger partial charge is 0.123 e. The molecule has 3 aromatic carbocycles. The number of nitrogens with zero attached hydrogens (tertiary/aromatic N) is 2. The fourth-order valence-corrected chi connectivity index (χ4v) is 5.71. The first kappa shape index (κ1) is 20.3. The summed E-state index contributed by atoms with van der Waals surface area (Å²) in [4.78, 5) is 5.04. The van der Waals surface area contributed by atoms with Gasteiger partial charge < -0.3 is 9.84 Å². The van der Waals surface area contributed by atoms with Crippen LogP contribution in [0.1, 0.15) is 22.6 Å². The largest absolute Gasteiger partial charge is 0.496 e. The number of ether oxygens (including phenoxy) is 1. The molecule has 4 heteroatoms. The van der Waals surface area contributed by atoms with E-state index in [1.165, 1.54) is 16.7 Å². The Labute approximate surface area is 184 Å². The van der Waals surface area contributed by atoms with E-state index in [1.54, 1.807) is 7.11 Å². The number of aliphatic hydroxyl groups excluding tert-OH is 1. The van der Waals surface area contributed by atoms with Gasteiger partial charge in [0.1, 0.15) is 5.75 Å². The standard InChI is InChI=1S/C27H30N2O2/c1-31-25-15-9-8-14-23(25)17-28-19-27(20-28)26(22-12-6-3-7-13-22)24(18-30)29(27)16-21-10-4-2-5-11-21/h2-15,24,26,30H,16-20H2,1H3/t24-,26+/m1/s1. The number of hydrogen-bond donors (Lipinski definition) is 1. The third-order valence-electron chi connectivity index (χ3n) is 7.06. The second-order valence-corrected chi connectivity index (χ2v) is 8.81. The van der Waals surface area contributed by atoms with E-state index < -0.39 is 0 Å². The molecule has 0 radical (unpaired) electrons. The van der Waals surface area contributed by atoms with Crippen LogP contribution in [0.4, 0.5) is 0 Å². The van der Waals surface area contributed by atoms with E-state index in [0.29, 0.717) is 5.92 Å². The summed E-state index contributed by atoms with van der Waals surface area (Å²) < 4.78 is 5.56. The van der Waals surface area contributed by atoms with Crippen molar-refractivity contribution in [2.24, 2.45) is 0 Å². The van der Waals surface area contributed by atoms with Gasteiger partial charge in [-0.05, 0) is 17.2 Å². The van der Waals surface area contributed by atoms with Gasteiger partial charge in [0.2, 0.25) is 0 Å². The van der Waals surface area contributed by atoms with E-state index in [-0.39, 0.29) is 18.2 Å². The molecule has 1 spiro atoms. The maximum atomic E-state index is 10.3. The zero-order valence-corrected chi connectivity index (χ0v) is 18.0. The highest BCUT2D eigenvalue weighted by Crippen LogP contribution is 2.54. The van der Waals surface area contributed by atoms with E-state index in [4.69, 9.17) is 4.74 Å². The van der Waals surface area contributed by atoms with Crippen molar-refractivity contribution in [3.63, 3.8) is 0 Å². The van der Waals surface area contributed by atoms with Crippen molar-refractivity contribution in [2.45, 2.75) is 30.6 Å². The summed E-state index contributed by atoms with van der Waals surface area (Å²) in [5.41, 5.74) is 3.92. The van der Waals surface area contributed by atoms with Crippen molar-refractivity contribution in [2.75, 3.05) is 26.8 Å². The molecule has 2 saturated heterocycles. The van der Waals surface area contributed by atoms with Crippen molar-refractivity contribution in [1.82, 2.24) is 9.80 Å². The van der Waals surface area contributed by atoms with Gasteiger partial charge in [0.25, 0.3) is 0 Å². The number of likely N-dealkylation sites (tertiary alicyclic amines) is 2. The molecule has 160 valence electrons. The first-order valence-electron chi connectivity index (χ1n) is 11.1. The molecule has 2 aliphatic rings. The van der Waals surface area contributed by atoms with Crippen LogP contribution in [0.2, 0.25) is 0 Å². The predicted molar refractivity (Wildman–Crippen MR) is 123 cm³/mol. The van der Waals surface area contributed by atoms with Gasteiger partial charge in [0.05, 0.1) is 19.3 Å². The molecule has 0 aromatic heterocycles. The average Bonchev–Trinajstić information content (AvgIpc) is 2.79. The Morgan fingerprint density at radius 2 is 1.52 bits per heavy atom. The molecule has 2 heterocycles. The first-order chi connectivity index (χ1) is 15.2. The maximum absolute atomic E-state index is 10.3. The Balaban J connectivity index is 1.40. The fourth-order valence-electron chi connectivity index (χ4n) is 5.71. The molecule has 5 rings (SSSR count). The van der Waals surface area contributed by atoms with Gasteiger partial charge in [0.15, 0.2) is 0 Å². The molecule has 2 aliphatic heterocycles. The maximum Gasteiger partial charge on any atom is 0.123 e. The molecule has 0 saturated carbocycles. The Hall–Kier alpha value is -2.66. The van der Waals surface area contributed by atoms with Gasteiger partial charge in [-0.25, -0.2) is 0 Å².